The molecule has 0 aromatic carbocycles. The van der Waals surface area contributed by atoms with Crippen LogP contribution in [0.4, 0.5) is 0 Å². The summed E-state index contributed by atoms with van der Waals surface area (Å²) in [5.74, 6) is 0.934. The van der Waals surface area contributed by atoms with E-state index in [1.54, 1.807) is 0 Å². The van der Waals surface area contributed by atoms with E-state index in [0.29, 0.717) is 18.5 Å². The summed E-state index contributed by atoms with van der Waals surface area (Å²) < 4.78 is 0. The standard InChI is InChI=1S/C11H22N2O/c1-8(2)6-9(3)12-7-10-4-5-11(14)13-10/h8-10,12H,4-7H2,1-3H3,(H,13,14). The van der Waals surface area contributed by atoms with Crippen LogP contribution in [0.5, 0.6) is 0 Å². The topological polar surface area (TPSA) is 41.1 Å². The van der Waals surface area contributed by atoms with E-state index in [4.69, 9.17) is 0 Å². The molecule has 0 aromatic rings. The van der Waals surface area contributed by atoms with Crippen LogP contribution in [0.2, 0.25) is 0 Å². The van der Waals surface area contributed by atoms with Gasteiger partial charge >= 0.3 is 0 Å². The van der Waals surface area contributed by atoms with Crippen molar-refractivity contribution in [3.63, 3.8) is 0 Å². The van der Waals surface area contributed by atoms with E-state index in [9.17, 15) is 4.79 Å². The summed E-state index contributed by atoms with van der Waals surface area (Å²) in [6.45, 7) is 7.58. The number of hydrogen-bond donors (Lipinski definition) is 2. The van der Waals surface area contributed by atoms with Gasteiger partial charge in [0.15, 0.2) is 0 Å². The fourth-order valence-electron chi connectivity index (χ4n) is 1.96. The van der Waals surface area contributed by atoms with Crippen LogP contribution in [0.25, 0.3) is 0 Å². The van der Waals surface area contributed by atoms with E-state index in [-0.39, 0.29) is 5.91 Å². The molecule has 14 heavy (non-hydrogen) atoms. The molecule has 3 nitrogen and oxygen atoms in total. The lowest BCUT2D eigenvalue weighted by Gasteiger charge is -2.18. The normalized spacial score (nSPS) is 24.0. The summed E-state index contributed by atoms with van der Waals surface area (Å²) in [6, 6.07) is 0.907. The molecule has 82 valence electrons. The molecule has 1 amide bonds. The summed E-state index contributed by atoms with van der Waals surface area (Å²) in [7, 11) is 0. The van der Waals surface area contributed by atoms with Crippen molar-refractivity contribution in [1.29, 1.82) is 0 Å². The van der Waals surface area contributed by atoms with Crippen LogP contribution in [0.1, 0.15) is 40.0 Å². The van der Waals surface area contributed by atoms with Crippen molar-refractivity contribution in [3.8, 4) is 0 Å². The van der Waals surface area contributed by atoms with Gasteiger partial charge in [0, 0.05) is 25.0 Å². The second-order valence-electron chi connectivity index (χ2n) is 4.74. The molecule has 1 rings (SSSR count). The Morgan fingerprint density at radius 2 is 2.21 bits per heavy atom. The molecule has 2 atom stereocenters. The zero-order chi connectivity index (χ0) is 10.6. The summed E-state index contributed by atoms with van der Waals surface area (Å²) >= 11 is 0. The predicted octanol–water partition coefficient (Wildman–Crippen LogP) is 1.29. The summed E-state index contributed by atoms with van der Waals surface area (Å²) in [5, 5.41) is 6.42. The Balaban J connectivity index is 2.11. The van der Waals surface area contributed by atoms with Crippen LogP contribution < -0.4 is 10.6 Å². The van der Waals surface area contributed by atoms with Gasteiger partial charge in [-0.05, 0) is 25.7 Å². The molecule has 0 aromatic heterocycles. The average molecular weight is 198 g/mol. The third kappa shape index (κ3) is 4.09. The maximum Gasteiger partial charge on any atom is 0.220 e. The van der Waals surface area contributed by atoms with Crippen LogP contribution in [-0.4, -0.2) is 24.5 Å². The van der Waals surface area contributed by atoms with Gasteiger partial charge in [-0.3, -0.25) is 4.79 Å². The Bertz CT molecular complexity index is 192. The van der Waals surface area contributed by atoms with Crippen LogP contribution in [0.3, 0.4) is 0 Å². The molecule has 1 aliphatic rings. The summed E-state index contributed by atoms with van der Waals surface area (Å²) in [6.07, 6.45) is 2.88. The van der Waals surface area contributed by atoms with Gasteiger partial charge in [-0.1, -0.05) is 13.8 Å². The fourth-order valence-corrected chi connectivity index (χ4v) is 1.96. The van der Waals surface area contributed by atoms with E-state index in [1.807, 2.05) is 0 Å². The first-order chi connectivity index (χ1) is 6.58. The van der Waals surface area contributed by atoms with Gasteiger partial charge in [0.25, 0.3) is 0 Å². The highest BCUT2D eigenvalue weighted by Gasteiger charge is 2.20. The van der Waals surface area contributed by atoms with Gasteiger partial charge in [0.2, 0.25) is 5.91 Å². The SMILES string of the molecule is CC(C)CC(C)NCC1CCC(=O)N1. The number of hydrogen-bond acceptors (Lipinski definition) is 2. The molecule has 1 saturated heterocycles. The molecule has 1 aliphatic heterocycles. The second kappa shape index (κ2) is 5.35. The molecule has 1 fully saturated rings. The minimum absolute atomic E-state index is 0.202. The molecule has 0 saturated carbocycles. The van der Waals surface area contributed by atoms with Crippen molar-refractivity contribution in [1.82, 2.24) is 10.6 Å². The smallest absolute Gasteiger partial charge is 0.220 e. The predicted molar refractivity (Wildman–Crippen MR) is 58.1 cm³/mol. The van der Waals surface area contributed by atoms with Crippen molar-refractivity contribution in [2.75, 3.05) is 6.54 Å². The molecule has 2 unspecified atom stereocenters. The first-order valence-corrected chi connectivity index (χ1v) is 5.60. The van der Waals surface area contributed by atoms with E-state index >= 15 is 0 Å². The lowest BCUT2D eigenvalue weighted by atomic mass is 10.1. The molecular weight excluding hydrogens is 176 g/mol. The van der Waals surface area contributed by atoms with Gasteiger partial charge in [-0.25, -0.2) is 0 Å². The Morgan fingerprint density at radius 1 is 1.50 bits per heavy atom. The first kappa shape index (κ1) is 11.5. The van der Waals surface area contributed by atoms with Gasteiger partial charge in [0.05, 0.1) is 0 Å². The minimum Gasteiger partial charge on any atom is -0.352 e. The van der Waals surface area contributed by atoms with Gasteiger partial charge in [-0.15, -0.1) is 0 Å². The molecule has 1 heterocycles. The molecule has 0 radical (unpaired) electrons. The van der Waals surface area contributed by atoms with Crippen LogP contribution in [-0.2, 0) is 4.79 Å². The highest BCUT2D eigenvalue weighted by Crippen LogP contribution is 2.07. The zero-order valence-corrected chi connectivity index (χ0v) is 9.47. The van der Waals surface area contributed by atoms with Crippen molar-refractivity contribution >= 4 is 5.91 Å². The monoisotopic (exact) mass is 198 g/mol. The number of rotatable bonds is 5. The number of carbonyl (C=O) groups excluding carboxylic acids is 1. The minimum atomic E-state index is 0.202. The molecule has 0 spiro atoms. The first-order valence-electron chi connectivity index (χ1n) is 5.60. The maximum absolute atomic E-state index is 10.9. The van der Waals surface area contributed by atoms with Crippen molar-refractivity contribution in [3.05, 3.63) is 0 Å². The fraction of sp³-hybridized carbons (Fsp3) is 0.909. The number of amides is 1. The lowest BCUT2D eigenvalue weighted by molar-refractivity contribution is -0.119. The quantitative estimate of drug-likeness (QED) is 0.699. The third-order valence-corrected chi connectivity index (χ3v) is 2.62. The molecule has 3 heteroatoms. The largest absolute Gasteiger partial charge is 0.352 e. The molecule has 0 bridgehead atoms. The Morgan fingerprint density at radius 3 is 2.71 bits per heavy atom. The number of nitrogens with one attached hydrogen (secondary N) is 2. The molecular formula is C11H22N2O. The van der Waals surface area contributed by atoms with E-state index in [1.165, 1.54) is 6.42 Å². The second-order valence-corrected chi connectivity index (χ2v) is 4.74. The van der Waals surface area contributed by atoms with Crippen LogP contribution >= 0.6 is 0 Å². The summed E-state index contributed by atoms with van der Waals surface area (Å²) in [4.78, 5) is 10.9. The zero-order valence-electron chi connectivity index (χ0n) is 9.47. The van der Waals surface area contributed by atoms with Crippen LogP contribution in [0.15, 0.2) is 0 Å². The van der Waals surface area contributed by atoms with E-state index < -0.39 is 0 Å². The van der Waals surface area contributed by atoms with Gasteiger partial charge in [0.1, 0.15) is 0 Å². The van der Waals surface area contributed by atoms with Gasteiger partial charge in [-0.2, -0.15) is 0 Å². The van der Waals surface area contributed by atoms with Crippen molar-refractivity contribution in [2.45, 2.75) is 52.1 Å². The van der Waals surface area contributed by atoms with Gasteiger partial charge < -0.3 is 10.6 Å². The van der Waals surface area contributed by atoms with E-state index in [0.717, 1.165) is 18.9 Å². The van der Waals surface area contributed by atoms with Crippen LogP contribution in [0, 0.1) is 5.92 Å². The molecule has 0 aliphatic carbocycles. The Hall–Kier alpha value is -0.570. The van der Waals surface area contributed by atoms with E-state index in [2.05, 4.69) is 31.4 Å². The van der Waals surface area contributed by atoms with Crippen molar-refractivity contribution < 1.29 is 4.79 Å². The third-order valence-electron chi connectivity index (χ3n) is 2.62. The maximum atomic E-state index is 10.9. The number of carbonyl (C=O) groups is 1. The average Bonchev–Trinajstić information content (AvgIpc) is 2.47. The Labute approximate surface area is 86.6 Å². The highest BCUT2D eigenvalue weighted by molar-refractivity contribution is 5.78. The Kier molecular flexibility index (Phi) is 4.39. The highest BCUT2D eigenvalue weighted by atomic mass is 16.1. The lowest BCUT2D eigenvalue weighted by Crippen LogP contribution is -2.39. The van der Waals surface area contributed by atoms with Crippen molar-refractivity contribution in [2.24, 2.45) is 5.92 Å². The summed E-state index contributed by atoms with van der Waals surface area (Å²) in [5.41, 5.74) is 0. The molecule has 2 N–H and O–H groups in total.